The molecule has 1 atom stereocenters. The first-order valence-electron chi connectivity index (χ1n) is 7.00. The molecule has 0 saturated heterocycles. The van der Waals surface area contributed by atoms with E-state index in [4.69, 9.17) is 9.47 Å². The molecule has 0 bridgehead atoms. The fraction of sp³-hybridized carbons (Fsp3) is 0.353. The molecule has 0 aliphatic carbocycles. The molecular weight excluding hydrogens is 264 g/mol. The lowest BCUT2D eigenvalue weighted by Crippen LogP contribution is -2.18. The molecule has 0 aliphatic heterocycles. The van der Waals surface area contributed by atoms with Crippen LogP contribution < -0.4 is 14.8 Å². The number of nitrogens with one attached hydrogen (secondary N) is 1. The summed E-state index contributed by atoms with van der Waals surface area (Å²) in [6.07, 6.45) is 3.75. The zero-order valence-electron chi connectivity index (χ0n) is 13.0. The molecule has 4 heteroatoms. The van der Waals surface area contributed by atoms with E-state index in [1.807, 2.05) is 37.5 Å². The summed E-state index contributed by atoms with van der Waals surface area (Å²) in [6.45, 7) is 4.96. The van der Waals surface area contributed by atoms with E-state index in [0.717, 1.165) is 23.6 Å². The summed E-state index contributed by atoms with van der Waals surface area (Å²) >= 11 is 0. The van der Waals surface area contributed by atoms with Gasteiger partial charge in [-0.15, -0.1) is 0 Å². The molecule has 2 rings (SSSR count). The molecule has 0 spiro atoms. The van der Waals surface area contributed by atoms with Crippen molar-refractivity contribution in [3.05, 3.63) is 53.3 Å². The van der Waals surface area contributed by atoms with Crippen LogP contribution in [0, 0.1) is 6.92 Å². The Labute approximate surface area is 126 Å². The Hall–Kier alpha value is -2.07. The second-order valence-electron chi connectivity index (χ2n) is 5.09. The molecule has 0 fully saturated rings. The van der Waals surface area contributed by atoms with Crippen LogP contribution >= 0.6 is 0 Å². The highest BCUT2D eigenvalue weighted by molar-refractivity contribution is 5.43. The molecule has 1 heterocycles. The minimum absolute atomic E-state index is 0.213. The fourth-order valence-electron chi connectivity index (χ4n) is 2.23. The Morgan fingerprint density at radius 1 is 1.10 bits per heavy atom. The Morgan fingerprint density at radius 3 is 2.52 bits per heavy atom. The normalized spacial score (nSPS) is 12.0. The molecule has 1 N–H and O–H groups in total. The van der Waals surface area contributed by atoms with Crippen LogP contribution in [0.3, 0.4) is 0 Å². The first kappa shape index (κ1) is 15.3. The minimum Gasteiger partial charge on any atom is -0.493 e. The van der Waals surface area contributed by atoms with Crippen LogP contribution in [0.4, 0.5) is 0 Å². The van der Waals surface area contributed by atoms with Gasteiger partial charge in [-0.25, -0.2) is 0 Å². The summed E-state index contributed by atoms with van der Waals surface area (Å²) in [5.41, 5.74) is 3.52. The summed E-state index contributed by atoms with van der Waals surface area (Å²) < 4.78 is 10.6. The number of hydrogen-bond acceptors (Lipinski definition) is 4. The van der Waals surface area contributed by atoms with Gasteiger partial charge in [-0.3, -0.25) is 4.98 Å². The maximum atomic E-state index is 5.34. The van der Waals surface area contributed by atoms with E-state index in [2.05, 4.69) is 23.3 Å². The van der Waals surface area contributed by atoms with Gasteiger partial charge in [0.05, 0.1) is 14.2 Å². The molecular formula is C17H22N2O2. The van der Waals surface area contributed by atoms with Crippen molar-refractivity contribution in [2.24, 2.45) is 0 Å². The maximum Gasteiger partial charge on any atom is 0.161 e. The van der Waals surface area contributed by atoms with E-state index >= 15 is 0 Å². The zero-order chi connectivity index (χ0) is 15.2. The molecule has 1 aromatic carbocycles. The van der Waals surface area contributed by atoms with Gasteiger partial charge in [0.15, 0.2) is 11.5 Å². The molecule has 0 aliphatic rings. The third kappa shape index (κ3) is 3.95. The lowest BCUT2D eigenvalue weighted by atomic mass is 10.1. The highest BCUT2D eigenvalue weighted by Crippen LogP contribution is 2.29. The SMILES string of the molecule is COc1ccc(C(C)NCc2cncc(C)c2)cc1OC. The van der Waals surface area contributed by atoms with Crippen LogP contribution in [0.5, 0.6) is 11.5 Å². The highest BCUT2D eigenvalue weighted by atomic mass is 16.5. The summed E-state index contributed by atoms with van der Waals surface area (Å²) in [6, 6.07) is 8.34. The van der Waals surface area contributed by atoms with Crippen molar-refractivity contribution in [1.29, 1.82) is 0 Å². The van der Waals surface area contributed by atoms with Gasteiger partial charge >= 0.3 is 0 Å². The van der Waals surface area contributed by atoms with Crippen LogP contribution in [0.15, 0.2) is 36.7 Å². The largest absolute Gasteiger partial charge is 0.493 e. The number of ether oxygens (including phenoxy) is 2. The number of pyridine rings is 1. The lowest BCUT2D eigenvalue weighted by molar-refractivity contribution is 0.354. The Morgan fingerprint density at radius 2 is 1.86 bits per heavy atom. The van der Waals surface area contributed by atoms with Gasteiger partial charge in [-0.05, 0) is 42.7 Å². The Kier molecular flexibility index (Phi) is 5.17. The maximum absolute atomic E-state index is 5.34. The summed E-state index contributed by atoms with van der Waals surface area (Å²) in [7, 11) is 3.29. The van der Waals surface area contributed by atoms with Crippen LogP contribution in [0.25, 0.3) is 0 Å². The number of nitrogens with zero attached hydrogens (tertiary/aromatic N) is 1. The molecule has 1 aromatic heterocycles. The van der Waals surface area contributed by atoms with Crippen LogP contribution in [0.2, 0.25) is 0 Å². The van der Waals surface area contributed by atoms with Crippen molar-refractivity contribution < 1.29 is 9.47 Å². The quantitative estimate of drug-likeness (QED) is 0.885. The van der Waals surface area contributed by atoms with Crippen LogP contribution in [-0.4, -0.2) is 19.2 Å². The van der Waals surface area contributed by atoms with Crippen molar-refractivity contribution in [2.45, 2.75) is 26.4 Å². The molecule has 0 radical (unpaired) electrons. The second-order valence-corrected chi connectivity index (χ2v) is 5.09. The number of methoxy groups -OCH3 is 2. The number of benzene rings is 1. The molecule has 1 unspecified atom stereocenters. The predicted octanol–water partition coefficient (Wildman–Crippen LogP) is 3.26. The van der Waals surface area contributed by atoms with Gasteiger partial charge in [0, 0.05) is 25.0 Å². The lowest BCUT2D eigenvalue weighted by Gasteiger charge is -2.16. The molecule has 0 saturated carbocycles. The average Bonchev–Trinajstić information content (AvgIpc) is 2.52. The molecule has 4 nitrogen and oxygen atoms in total. The number of aryl methyl sites for hydroxylation is 1. The van der Waals surface area contributed by atoms with Crippen LogP contribution in [0.1, 0.15) is 29.7 Å². The van der Waals surface area contributed by atoms with Gasteiger partial charge in [0.2, 0.25) is 0 Å². The topological polar surface area (TPSA) is 43.4 Å². The van der Waals surface area contributed by atoms with Gasteiger partial charge in [0.1, 0.15) is 0 Å². The molecule has 0 amide bonds. The van der Waals surface area contributed by atoms with Crippen molar-refractivity contribution in [3.8, 4) is 11.5 Å². The predicted molar refractivity (Wildman–Crippen MR) is 83.8 cm³/mol. The summed E-state index contributed by atoms with van der Waals surface area (Å²) in [4.78, 5) is 4.21. The molecule has 21 heavy (non-hydrogen) atoms. The fourth-order valence-corrected chi connectivity index (χ4v) is 2.23. The number of hydrogen-bond donors (Lipinski definition) is 1. The Bertz CT molecular complexity index is 599. The number of aromatic nitrogens is 1. The van der Waals surface area contributed by atoms with Gasteiger partial charge in [0.25, 0.3) is 0 Å². The standard InChI is InChI=1S/C17H22N2O2/c1-12-7-14(10-18-9-12)11-19-13(2)15-5-6-16(20-3)17(8-15)21-4/h5-10,13,19H,11H2,1-4H3. The summed E-state index contributed by atoms with van der Waals surface area (Å²) in [5.74, 6) is 1.50. The van der Waals surface area contributed by atoms with Crippen molar-refractivity contribution in [1.82, 2.24) is 10.3 Å². The van der Waals surface area contributed by atoms with Crippen LogP contribution in [-0.2, 0) is 6.54 Å². The van der Waals surface area contributed by atoms with Gasteiger partial charge < -0.3 is 14.8 Å². The van der Waals surface area contributed by atoms with Crippen molar-refractivity contribution >= 4 is 0 Å². The van der Waals surface area contributed by atoms with E-state index in [9.17, 15) is 0 Å². The third-order valence-electron chi connectivity index (χ3n) is 3.45. The van der Waals surface area contributed by atoms with E-state index < -0.39 is 0 Å². The third-order valence-corrected chi connectivity index (χ3v) is 3.45. The highest BCUT2D eigenvalue weighted by Gasteiger charge is 2.10. The van der Waals surface area contributed by atoms with E-state index in [1.165, 1.54) is 11.1 Å². The monoisotopic (exact) mass is 286 g/mol. The first-order chi connectivity index (χ1) is 10.1. The van der Waals surface area contributed by atoms with E-state index in [0.29, 0.717) is 0 Å². The van der Waals surface area contributed by atoms with E-state index in [1.54, 1.807) is 14.2 Å². The zero-order valence-corrected chi connectivity index (χ0v) is 13.0. The smallest absolute Gasteiger partial charge is 0.161 e. The van der Waals surface area contributed by atoms with Crippen molar-refractivity contribution in [2.75, 3.05) is 14.2 Å². The average molecular weight is 286 g/mol. The Balaban J connectivity index is 2.04. The van der Waals surface area contributed by atoms with Gasteiger partial charge in [-0.2, -0.15) is 0 Å². The number of rotatable bonds is 6. The van der Waals surface area contributed by atoms with Gasteiger partial charge in [-0.1, -0.05) is 12.1 Å². The summed E-state index contributed by atoms with van der Waals surface area (Å²) in [5, 5.41) is 3.49. The second kappa shape index (κ2) is 7.09. The molecule has 112 valence electrons. The minimum atomic E-state index is 0.213. The molecule has 2 aromatic rings. The van der Waals surface area contributed by atoms with Crippen molar-refractivity contribution in [3.63, 3.8) is 0 Å². The first-order valence-corrected chi connectivity index (χ1v) is 7.00. The van der Waals surface area contributed by atoms with E-state index in [-0.39, 0.29) is 6.04 Å².